The summed E-state index contributed by atoms with van der Waals surface area (Å²) in [5, 5.41) is 8.86. The van der Waals surface area contributed by atoms with Crippen LogP contribution in [0.3, 0.4) is 0 Å². The molecule has 0 unspecified atom stereocenters. The normalized spacial score (nSPS) is 14.9. The van der Waals surface area contributed by atoms with Crippen molar-refractivity contribution in [2.75, 3.05) is 26.2 Å². The standard InChI is InChI=1S/C22H18FN3O4S/c23-18-5-3-17(4-6-18)20-9-10-21(30-20)22(27)25-11-13-26(14-12-25)31(28,29)19-7-1-16(15-24)2-8-19/h1-10H,11-14H2. The first-order chi connectivity index (χ1) is 14.9. The van der Waals surface area contributed by atoms with Crippen LogP contribution in [0, 0.1) is 17.1 Å². The van der Waals surface area contributed by atoms with E-state index in [2.05, 4.69) is 0 Å². The molecule has 3 aromatic rings. The van der Waals surface area contributed by atoms with E-state index in [-0.39, 0.29) is 48.6 Å². The molecule has 0 aliphatic carbocycles. The van der Waals surface area contributed by atoms with Crippen LogP contribution in [0.5, 0.6) is 0 Å². The van der Waals surface area contributed by atoms with Crippen LogP contribution in [0.4, 0.5) is 4.39 Å². The van der Waals surface area contributed by atoms with Gasteiger partial charge in [-0.2, -0.15) is 9.57 Å². The first kappa shape index (κ1) is 20.8. The summed E-state index contributed by atoms with van der Waals surface area (Å²) in [4.78, 5) is 14.4. The van der Waals surface area contributed by atoms with Crippen molar-refractivity contribution in [3.63, 3.8) is 0 Å². The lowest BCUT2D eigenvalue weighted by molar-refractivity contribution is 0.0667. The van der Waals surface area contributed by atoms with Gasteiger partial charge in [-0.1, -0.05) is 0 Å². The smallest absolute Gasteiger partial charge is 0.289 e. The predicted molar refractivity (Wildman–Crippen MR) is 110 cm³/mol. The highest BCUT2D eigenvalue weighted by molar-refractivity contribution is 7.89. The fourth-order valence-electron chi connectivity index (χ4n) is 3.36. The van der Waals surface area contributed by atoms with E-state index < -0.39 is 10.0 Å². The van der Waals surface area contributed by atoms with Gasteiger partial charge in [-0.3, -0.25) is 4.79 Å². The Balaban J connectivity index is 1.42. The highest BCUT2D eigenvalue weighted by atomic mass is 32.2. The number of hydrogen-bond donors (Lipinski definition) is 0. The van der Waals surface area contributed by atoms with Gasteiger partial charge in [0.15, 0.2) is 5.76 Å². The maximum Gasteiger partial charge on any atom is 0.289 e. The third-order valence-corrected chi connectivity index (χ3v) is 7.01. The second-order valence-electron chi connectivity index (χ2n) is 7.00. The Morgan fingerprint density at radius 2 is 1.58 bits per heavy atom. The molecular weight excluding hydrogens is 421 g/mol. The highest BCUT2D eigenvalue weighted by Gasteiger charge is 2.31. The van der Waals surface area contributed by atoms with Crippen molar-refractivity contribution >= 4 is 15.9 Å². The first-order valence-corrected chi connectivity index (χ1v) is 11.0. The van der Waals surface area contributed by atoms with Gasteiger partial charge in [0.1, 0.15) is 11.6 Å². The molecule has 0 N–H and O–H groups in total. The fraction of sp³-hybridized carbons (Fsp3) is 0.182. The van der Waals surface area contributed by atoms with Gasteiger partial charge in [-0.15, -0.1) is 0 Å². The fourth-order valence-corrected chi connectivity index (χ4v) is 4.78. The maximum absolute atomic E-state index is 13.1. The van der Waals surface area contributed by atoms with E-state index in [0.29, 0.717) is 16.9 Å². The number of nitriles is 1. The van der Waals surface area contributed by atoms with E-state index in [1.165, 1.54) is 45.6 Å². The molecule has 0 radical (unpaired) electrons. The number of sulfonamides is 1. The average molecular weight is 439 g/mol. The molecule has 2 aromatic carbocycles. The quantitative estimate of drug-likeness (QED) is 0.623. The maximum atomic E-state index is 13.1. The summed E-state index contributed by atoms with van der Waals surface area (Å²) >= 11 is 0. The van der Waals surface area contributed by atoms with Crippen molar-refractivity contribution in [3.05, 3.63) is 77.8 Å². The lowest BCUT2D eigenvalue weighted by Gasteiger charge is -2.33. The molecule has 1 aliphatic rings. The van der Waals surface area contributed by atoms with Crippen LogP contribution in [0.15, 0.2) is 70.0 Å². The lowest BCUT2D eigenvalue weighted by atomic mass is 10.2. The number of rotatable bonds is 4. The van der Waals surface area contributed by atoms with Crippen molar-refractivity contribution in [2.24, 2.45) is 0 Å². The van der Waals surface area contributed by atoms with Crippen LogP contribution in [0.1, 0.15) is 16.1 Å². The van der Waals surface area contributed by atoms with Crippen molar-refractivity contribution in [3.8, 4) is 17.4 Å². The number of nitrogens with zero attached hydrogens (tertiary/aromatic N) is 3. The SMILES string of the molecule is N#Cc1ccc(S(=O)(=O)N2CCN(C(=O)c3ccc(-c4ccc(F)cc4)o3)CC2)cc1. The lowest BCUT2D eigenvalue weighted by Crippen LogP contribution is -2.50. The Bertz CT molecular complexity index is 1240. The predicted octanol–water partition coefficient (Wildman–Crippen LogP) is 3.10. The van der Waals surface area contributed by atoms with Gasteiger partial charge >= 0.3 is 0 Å². The van der Waals surface area contributed by atoms with Crippen molar-refractivity contribution < 1.29 is 22.0 Å². The Hall–Kier alpha value is -3.48. The Morgan fingerprint density at radius 1 is 0.935 bits per heavy atom. The first-order valence-electron chi connectivity index (χ1n) is 9.54. The van der Waals surface area contributed by atoms with E-state index in [0.717, 1.165) is 0 Å². The third kappa shape index (κ3) is 4.21. The van der Waals surface area contributed by atoms with Gasteiger partial charge in [-0.05, 0) is 60.7 Å². The molecule has 31 heavy (non-hydrogen) atoms. The number of halogens is 1. The van der Waals surface area contributed by atoms with Gasteiger partial charge in [0.2, 0.25) is 10.0 Å². The van der Waals surface area contributed by atoms with Crippen LogP contribution < -0.4 is 0 Å². The minimum atomic E-state index is -3.70. The van der Waals surface area contributed by atoms with Crippen LogP contribution in [0.2, 0.25) is 0 Å². The van der Waals surface area contributed by atoms with Gasteiger partial charge in [0.05, 0.1) is 16.5 Å². The molecule has 2 heterocycles. The zero-order valence-corrected chi connectivity index (χ0v) is 17.2. The van der Waals surface area contributed by atoms with Crippen LogP contribution in [0.25, 0.3) is 11.3 Å². The second kappa shape index (κ2) is 8.34. The van der Waals surface area contributed by atoms with Crippen molar-refractivity contribution in [2.45, 2.75) is 4.90 Å². The van der Waals surface area contributed by atoms with Crippen molar-refractivity contribution in [1.82, 2.24) is 9.21 Å². The number of benzene rings is 2. The molecule has 0 bridgehead atoms. The van der Waals surface area contributed by atoms with Crippen LogP contribution in [-0.2, 0) is 10.0 Å². The molecule has 1 aliphatic heterocycles. The zero-order chi connectivity index (χ0) is 22.0. The van der Waals surface area contributed by atoms with E-state index >= 15 is 0 Å². The van der Waals surface area contributed by atoms with Crippen LogP contribution in [-0.4, -0.2) is 49.7 Å². The molecule has 7 nitrogen and oxygen atoms in total. The average Bonchev–Trinajstić information content (AvgIpc) is 3.29. The summed E-state index contributed by atoms with van der Waals surface area (Å²) in [5.74, 6) is -0.0997. The third-order valence-electron chi connectivity index (χ3n) is 5.09. The van der Waals surface area contributed by atoms with Crippen LogP contribution >= 0.6 is 0 Å². The largest absolute Gasteiger partial charge is 0.451 e. The molecule has 158 valence electrons. The molecule has 0 spiro atoms. The van der Waals surface area contributed by atoms with E-state index in [1.807, 2.05) is 6.07 Å². The molecule has 1 amide bonds. The molecule has 4 rings (SSSR count). The van der Waals surface area contributed by atoms with Gasteiger partial charge < -0.3 is 9.32 Å². The number of carbonyl (C=O) groups excluding carboxylic acids is 1. The number of hydrogen-bond acceptors (Lipinski definition) is 5. The van der Waals surface area contributed by atoms with E-state index in [9.17, 15) is 17.6 Å². The zero-order valence-electron chi connectivity index (χ0n) is 16.4. The minimum absolute atomic E-state index is 0.112. The number of amides is 1. The molecular formula is C22H18FN3O4S. The monoisotopic (exact) mass is 439 g/mol. The minimum Gasteiger partial charge on any atom is -0.451 e. The van der Waals surface area contributed by atoms with Gasteiger partial charge in [0, 0.05) is 31.7 Å². The topological polar surface area (TPSA) is 94.6 Å². The van der Waals surface area contributed by atoms with Crippen molar-refractivity contribution in [1.29, 1.82) is 5.26 Å². The number of furan rings is 1. The second-order valence-corrected chi connectivity index (χ2v) is 8.94. The molecule has 1 saturated heterocycles. The van der Waals surface area contributed by atoms with E-state index in [4.69, 9.17) is 9.68 Å². The Kier molecular flexibility index (Phi) is 5.59. The molecule has 0 atom stereocenters. The Morgan fingerprint density at radius 3 is 2.19 bits per heavy atom. The number of piperazine rings is 1. The van der Waals surface area contributed by atoms with Gasteiger partial charge in [0.25, 0.3) is 5.91 Å². The number of carbonyl (C=O) groups is 1. The molecule has 1 fully saturated rings. The molecule has 0 saturated carbocycles. The molecule has 1 aromatic heterocycles. The summed E-state index contributed by atoms with van der Waals surface area (Å²) in [6.07, 6.45) is 0. The summed E-state index contributed by atoms with van der Waals surface area (Å²) in [6.45, 7) is 0.751. The Labute approximate surface area is 179 Å². The summed E-state index contributed by atoms with van der Waals surface area (Å²) in [7, 11) is -3.70. The summed E-state index contributed by atoms with van der Waals surface area (Å²) in [6, 6.07) is 16.6. The van der Waals surface area contributed by atoms with E-state index in [1.54, 1.807) is 24.3 Å². The highest BCUT2D eigenvalue weighted by Crippen LogP contribution is 2.24. The molecule has 9 heteroatoms. The summed E-state index contributed by atoms with van der Waals surface area (Å²) in [5.41, 5.74) is 1.03. The summed E-state index contributed by atoms with van der Waals surface area (Å²) < 4.78 is 45.7. The van der Waals surface area contributed by atoms with Gasteiger partial charge in [-0.25, -0.2) is 12.8 Å².